The predicted molar refractivity (Wildman–Crippen MR) is 128 cm³/mol. The van der Waals surface area contributed by atoms with Crippen molar-refractivity contribution in [3.05, 3.63) is 65.0 Å². The molecule has 2 N–H and O–H groups in total. The lowest BCUT2D eigenvalue weighted by Crippen LogP contribution is -2.09. The van der Waals surface area contributed by atoms with E-state index in [1.54, 1.807) is 23.7 Å². The maximum Gasteiger partial charge on any atom is 0.159 e. The number of nitrogens with one attached hydrogen (secondary N) is 1. The third-order valence-electron chi connectivity index (χ3n) is 6.32. The number of aryl methyl sites for hydroxylation is 1. The Labute approximate surface area is 197 Å². The van der Waals surface area contributed by atoms with E-state index in [9.17, 15) is 9.50 Å². The molecule has 0 radical (unpaired) electrons. The van der Waals surface area contributed by atoms with Crippen LogP contribution in [0.15, 0.2) is 36.7 Å². The molecule has 0 amide bonds. The first-order valence-corrected chi connectivity index (χ1v) is 11.5. The van der Waals surface area contributed by atoms with E-state index in [4.69, 9.17) is 5.10 Å². The molecule has 0 saturated heterocycles. The van der Waals surface area contributed by atoms with Gasteiger partial charge < -0.3 is 10.4 Å². The molecule has 34 heavy (non-hydrogen) atoms. The van der Waals surface area contributed by atoms with Crippen molar-refractivity contribution < 1.29 is 9.50 Å². The van der Waals surface area contributed by atoms with Gasteiger partial charge in [0.15, 0.2) is 5.82 Å². The number of nitrogens with zero attached hydrogens (tertiary/aromatic N) is 6. The number of aromatic nitrogens is 6. The molecule has 1 saturated carbocycles. The summed E-state index contributed by atoms with van der Waals surface area (Å²) in [6.07, 6.45) is 3.28. The Morgan fingerprint density at radius 3 is 2.50 bits per heavy atom. The van der Waals surface area contributed by atoms with Gasteiger partial charge in [-0.25, -0.2) is 23.7 Å². The Bertz CT molecular complexity index is 1340. The maximum absolute atomic E-state index is 13.5. The van der Waals surface area contributed by atoms with E-state index in [0.29, 0.717) is 17.6 Å². The van der Waals surface area contributed by atoms with Crippen LogP contribution in [-0.4, -0.2) is 34.6 Å². The first kappa shape index (κ1) is 22.2. The van der Waals surface area contributed by atoms with Crippen LogP contribution in [0, 0.1) is 32.5 Å². The summed E-state index contributed by atoms with van der Waals surface area (Å²) in [5.74, 6) is 2.43. The summed E-state index contributed by atoms with van der Waals surface area (Å²) in [5.41, 5.74) is 5.06. The summed E-state index contributed by atoms with van der Waals surface area (Å²) >= 11 is 0. The van der Waals surface area contributed by atoms with Crippen LogP contribution < -0.4 is 5.32 Å². The number of halogens is 1. The lowest BCUT2D eigenvalue weighted by Gasteiger charge is -2.11. The van der Waals surface area contributed by atoms with E-state index in [1.165, 1.54) is 31.3 Å². The molecule has 1 atom stereocenters. The molecule has 3 heterocycles. The van der Waals surface area contributed by atoms with Crippen molar-refractivity contribution in [2.24, 2.45) is 5.92 Å². The Morgan fingerprint density at radius 2 is 1.85 bits per heavy atom. The Hall–Kier alpha value is -3.59. The van der Waals surface area contributed by atoms with Gasteiger partial charge in [-0.05, 0) is 70.7 Å². The normalized spacial score (nSPS) is 14.4. The molecule has 5 rings (SSSR count). The minimum Gasteiger partial charge on any atom is -0.389 e. The van der Waals surface area contributed by atoms with Crippen molar-refractivity contribution >= 4 is 11.6 Å². The molecule has 0 bridgehead atoms. The van der Waals surface area contributed by atoms with E-state index in [-0.39, 0.29) is 5.82 Å². The predicted octanol–water partition coefficient (Wildman–Crippen LogP) is 4.80. The van der Waals surface area contributed by atoms with E-state index >= 15 is 0 Å². The zero-order chi connectivity index (χ0) is 24.0. The van der Waals surface area contributed by atoms with E-state index in [0.717, 1.165) is 46.1 Å². The molecule has 176 valence electrons. The Kier molecular flexibility index (Phi) is 5.65. The Morgan fingerprint density at radius 1 is 1.12 bits per heavy atom. The number of hydrogen-bond donors (Lipinski definition) is 2. The fraction of sp³-hybridized carbons (Fsp3) is 0.360. The van der Waals surface area contributed by atoms with Gasteiger partial charge in [0.1, 0.15) is 23.8 Å². The van der Waals surface area contributed by atoms with Crippen molar-refractivity contribution in [2.45, 2.75) is 53.2 Å². The van der Waals surface area contributed by atoms with Gasteiger partial charge in [-0.1, -0.05) is 0 Å². The summed E-state index contributed by atoms with van der Waals surface area (Å²) in [7, 11) is 0. The van der Waals surface area contributed by atoms with Gasteiger partial charge in [0, 0.05) is 35.0 Å². The van der Waals surface area contributed by atoms with Gasteiger partial charge >= 0.3 is 0 Å². The summed E-state index contributed by atoms with van der Waals surface area (Å²) in [6.45, 7) is 8.35. The smallest absolute Gasteiger partial charge is 0.159 e. The molecule has 1 fully saturated rings. The zero-order valence-corrected chi connectivity index (χ0v) is 19.7. The minimum atomic E-state index is -0.613. The molecule has 8 nitrogen and oxygen atoms in total. The number of rotatable bonds is 7. The van der Waals surface area contributed by atoms with Crippen molar-refractivity contribution in [1.82, 2.24) is 29.5 Å². The second-order valence-electron chi connectivity index (χ2n) is 9.01. The highest BCUT2D eigenvalue weighted by atomic mass is 19.1. The fourth-order valence-electron chi connectivity index (χ4n) is 4.40. The average Bonchev–Trinajstić information content (AvgIpc) is 3.50. The highest BCUT2D eigenvalue weighted by Crippen LogP contribution is 2.35. The van der Waals surface area contributed by atoms with E-state index in [1.807, 2.05) is 31.5 Å². The molecule has 3 aromatic heterocycles. The van der Waals surface area contributed by atoms with Crippen LogP contribution in [-0.2, 0) is 6.54 Å². The molecule has 1 aliphatic rings. The van der Waals surface area contributed by atoms with Crippen molar-refractivity contribution in [1.29, 1.82) is 0 Å². The second-order valence-corrected chi connectivity index (χ2v) is 9.01. The number of aliphatic hydroxyl groups excluding tert-OH is 1. The molecular weight excluding hydrogens is 433 g/mol. The third kappa shape index (κ3) is 4.19. The molecule has 4 aromatic rings. The largest absolute Gasteiger partial charge is 0.389 e. The standard InChI is InChI=1S/C25H28FN7O/c1-14-24(19-7-9-20(26)10-8-19)31-32(12-18-5-6-18)25(14)29-21-11-22(28-13-27-21)33-16(3)23(17(4)34)15(2)30-33/h7-11,13,17-18,34H,5-6,12H2,1-4H3,(H,27,28,29)/t17-/m1/s1. The molecular formula is C25H28FN7O. The highest BCUT2D eigenvalue weighted by molar-refractivity contribution is 5.71. The molecule has 1 aromatic carbocycles. The van der Waals surface area contributed by atoms with Crippen molar-refractivity contribution in [3.63, 3.8) is 0 Å². The first-order valence-electron chi connectivity index (χ1n) is 11.5. The monoisotopic (exact) mass is 461 g/mol. The van der Waals surface area contributed by atoms with E-state index < -0.39 is 6.10 Å². The molecule has 0 unspecified atom stereocenters. The zero-order valence-electron chi connectivity index (χ0n) is 19.7. The maximum atomic E-state index is 13.5. The first-order chi connectivity index (χ1) is 16.3. The fourth-order valence-corrected chi connectivity index (χ4v) is 4.40. The van der Waals surface area contributed by atoms with Gasteiger partial charge in [0.25, 0.3) is 0 Å². The van der Waals surface area contributed by atoms with Crippen LogP contribution >= 0.6 is 0 Å². The molecule has 1 aliphatic carbocycles. The van der Waals surface area contributed by atoms with Gasteiger partial charge in [0.05, 0.1) is 17.5 Å². The van der Waals surface area contributed by atoms with Crippen LogP contribution in [0.25, 0.3) is 17.1 Å². The molecule has 9 heteroatoms. The lowest BCUT2D eigenvalue weighted by molar-refractivity contribution is 0.197. The quantitative estimate of drug-likeness (QED) is 0.411. The summed E-state index contributed by atoms with van der Waals surface area (Å²) in [6, 6.07) is 8.24. The van der Waals surface area contributed by atoms with Gasteiger partial charge in [-0.2, -0.15) is 10.2 Å². The number of anilines is 2. The minimum absolute atomic E-state index is 0.270. The summed E-state index contributed by atoms with van der Waals surface area (Å²) < 4.78 is 17.2. The second kappa shape index (κ2) is 8.64. The van der Waals surface area contributed by atoms with Gasteiger partial charge in [-0.3, -0.25) is 0 Å². The van der Waals surface area contributed by atoms with Crippen molar-refractivity contribution in [3.8, 4) is 17.1 Å². The molecule has 0 aliphatic heterocycles. The number of aliphatic hydroxyl groups is 1. The molecule has 0 spiro atoms. The SMILES string of the molecule is Cc1nn(-c2cc(Nc3c(C)c(-c4ccc(F)cc4)nn3CC3CC3)ncn2)c(C)c1[C@@H](C)O. The highest BCUT2D eigenvalue weighted by Gasteiger charge is 2.26. The van der Waals surface area contributed by atoms with Crippen LogP contribution in [0.2, 0.25) is 0 Å². The van der Waals surface area contributed by atoms with Crippen molar-refractivity contribution in [2.75, 3.05) is 5.32 Å². The summed E-state index contributed by atoms with van der Waals surface area (Å²) in [5, 5.41) is 23.0. The van der Waals surface area contributed by atoms with Gasteiger partial charge in [-0.15, -0.1) is 0 Å². The van der Waals surface area contributed by atoms with Crippen LogP contribution in [0.5, 0.6) is 0 Å². The third-order valence-corrected chi connectivity index (χ3v) is 6.32. The average molecular weight is 462 g/mol. The number of hydrogen-bond acceptors (Lipinski definition) is 6. The van der Waals surface area contributed by atoms with E-state index in [2.05, 4.69) is 20.4 Å². The van der Waals surface area contributed by atoms with Crippen LogP contribution in [0.3, 0.4) is 0 Å². The summed E-state index contributed by atoms with van der Waals surface area (Å²) in [4.78, 5) is 8.82. The van der Waals surface area contributed by atoms with Crippen LogP contribution in [0.1, 0.15) is 48.4 Å². The van der Waals surface area contributed by atoms with Gasteiger partial charge in [0.2, 0.25) is 0 Å². The number of benzene rings is 1. The lowest BCUT2D eigenvalue weighted by atomic mass is 10.1. The topological polar surface area (TPSA) is 93.7 Å². The van der Waals surface area contributed by atoms with Crippen LogP contribution in [0.4, 0.5) is 16.0 Å². The Balaban J connectivity index is 1.51.